The van der Waals surface area contributed by atoms with Crippen molar-refractivity contribution in [2.75, 3.05) is 29.1 Å². The number of ether oxygens (including phenoxy) is 1. The average Bonchev–Trinajstić information content (AvgIpc) is 3.04. The Hall–Kier alpha value is -4.93. The number of aliphatic imine (C=N–C) groups is 1. The van der Waals surface area contributed by atoms with Crippen LogP contribution in [0.2, 0.25) is 0 Å². The van der Waals surface area contributed by atoms with Crippen molar-refractivity contribution in [2.45, 2.75) is 46.3 Å². The Labute approximate surface area is 240 Å². The standard InChI is InChI=1S/C30H36N8O3/c1-20(31)25(18-32-5)35-27-33-17-22-14-15-37(19-21-10-7-6-8-11-21)29(40)38(26(22)36-27)24-13-9-12-23(16-24)34-28(39)41-30(2,3)4/h6-13,16-18H,14-15,19,31H2,1-5H3,(H,34,39)(H,33,35,36). The predicted octanol–water partition coefficient (Wildman–Crippen LogP) is 5.44. The van der Waals surface area contributed by atoms with Crippen molar-refractivity contribution in [1.82, 2.24) is 14.9 Å². The molecule has 4 N–H and O–H groups in total. The average molecular weight is 557 g/mol. The minimum Gasteiger partial charge on any atom is -0.444 e. The molecule has 2 aromatic carbocycles. The molecule has 11 nitrogen and oxygen atoms in total. The van der Waals surface area contributed by atoms with Crippen LogP contribution in [0, 0.1) is 0 Å². The second-order valence-corrected chi connectivity index (χ2v) is 10.6. The third-order valence-electron chi connectivity index (χ3n) is 6.06. The normalized spacial score (nSPS) is 14.3. The molecular weight excluding hydrogens is 520 g/mol. The van der Waals surface area contributed by atoms with Crippen molar-refractivity contribution in [1.29, 1.82) is 0 Å². The molecule has 214 valence electrons. The lowest BCUT2D eigenvalue weighted by Crippen LogP contribution is -2.40. The first kappa shape index (κ1) is 29.1. The lowest BCUT2D eigenvalue weighted by molar-refractivity contribution is 0.0636. The molecule has 11 heteroatoms. The second-order valence-electron chi connectivity index (χ2n) is 10.6. The number of hydrogen-bond acceptors (Lipinski definition) is 8. The number of rotatable bonds is 7. The van der Waals surface area contributed by atoms with Gasteiger partial charge in [-0.05, 0) is 57.9 Å². The van der Waals surface area contributed by atoms with Crippen molar-refractivity contribution in [3.63, 3.8) is 0 Å². The molecule has 0 atom stereocenters. The lowest BCUT2D eigenvalue weighted by Gasteiger charge is -2.28. The highest BCUT2D eigenvalue weighted by Crippen LogP contribution is 2.34. The number of benzene rings is 2. The van der Waals surface area contributed by atoms with Gasteiger partial charge in [0.15, 0.2) is 0 Å². The number of carbonyl (C=O) groups is 2. The fraction of sp³-hybridized carbons (Fsp3) is 0.300. The third kappa shape index (κ3) is 7.59. The summed E-state index contributed by atoms with van der Waals surface area (Å²) >= 11 is 0. The van der Waals surface area contributed by atoms with Crippen molar-refractivity contribution in [3.05, 3.63) is 83.3 Å². The largest absolute Gasteiger partial charge is 0.444 e. The van der Waals surface area contributed by atoms with E-state index in [0.29, 0.717) is 48.1 Å². The summed E-state index contributed by atoms with van der Waals surface area (Å²) in [5, 5.41) is 5.86. The third-order valence-corrected chi connectivity index (χ3v) is 6.06. The number of nitrogens with two attached hydrogens (primary N) is 1. The van der Waals surface area contributed by atoms with Gasteiger partial charge in [-0.3, -0.25) is 10.3 Å². The quantitative estimate of drug-likeness (QED) is 0.329. The van der Waals surface area contributed by atoms with E-state index in [4.69, 9.17) is 15.5 Å². The van der Waals surface area contributed by atoms with Crippen LogP contribution in [-0.4, -0.2) is 52.4 Å². The minimum absolute atomic E-state index is 0.257. The Kier molecular flexibility index (Phi) is 8.86. The maximum atomic E-state index is 14.2. The van der Waals surface area contributed by atoms with Gasteiger partial charge in [-0.15, -0.1) is 0 Å². The molecule has 0 aliphatic carbocycles. The molecular formula is C30H36N8O3. The smallest absolute Gasteiger partial charge is 0.412 e. The number of aromatic nitrogens is 2. The fourth-order valence-corrected chi connectivity index (χ4v) is 4.22. The molecule has 0 radical (unpaired) electrons. The van der Waals surface area contributed by atoms with Crippen molar-refractivity contribution < 1.29 is 14.3 Å². The number of nitrogens with one attached hydrogen (secondary N) is 2. The monoisotopic (exact) mass is 556 g/mol. The zero-order valence-corrected chi connectivity index (χ0v) is 24.0. The van der Waals surface area contributed by atoms with Crippen molar-refractivity contribution in [2.24, 2.45) is 10.7 Å². The van der Waals surface area contributed by atoms with E-state index in [9.17, 15) is 9.59 Å². The molecule has 0 saturated carbocycles. The molecule has 3 aromatic rings. The van der Waals surface area contributed by atoms with Gasteiger partial charge in [0.25, 0.3) is 0 Å². The molecule has 1 aliphatic heterocycles. The number of urea groups is 1. The summed E-state index contributed by atoms with van der Waals surface area (Å²) in [5.74, 6) is 0.695. The first-order chi connectivity index (χ1) is 19.5. The van der Waals surface area contributed by atoms with E-state index in [-0.39, 0.29) is 12.0 Å². The molecule has 3 amide bonds. The fourth-order valence-electron chi connectivity index (χ4n) is 4.22. The summed E-state index contributed by atoms with van der Waals surface area (Å²) in [5.41, 5.74) is 9.22. The highest BCUT2D eigenvalue weighted by molar-refractivity contribution is 6.00. The number of fused-ring (bicyclic) bond motifs is 1. The Morgan fingerprint density at radius 1 is 1.15 bits per heavy atom. The van der Waals surface area contributed by atoms with E-state index in [1.807, 2.05) is 30.3 Å². The zero-order valence-electron chi connectivity index (χ0n) is 24.0. The van der Waals surface area contributed by atoms with Crippen LogP contribution in [0.1, 0.15) is 38.8 Å². The zero-order chi connectivity index (χ0) is 29.6. The molecule has 0 saturated heterocycles. The summed E-state index contributed by atoms with van der Waals surface area (Å²) in [6.07, 6.45) is 3.26. The topological polar surface area (TPSA) is 138 Å². The van der Waals surface area contributed by atoms with E-state index >= 15 is 0 Å². The molecule has 41 heavy (non-hydrogen) atoms. The van der Waals surface area contributed by atoms with Crippen LogP contribution < -0.4 is 21.3 Å². The van der Waals surface area contributed by atoms with E-state index < -0.39 is 11.7 Å². The van der Waals surface area contributed by atoms with Gasteiger partial charge in [-0.2, -0.15) is 4.98 Å². The van der Waals surface area contributed by atoms with Gasteiger partial charge in [-0.25, -0.2) is 19.5 Å². The summed E-state index contributed by atoms with van der Waals surface area (Å²) in [6, 6.07) is 16.6. The number of hydrogen-bond donors (Lipinski definition) is 3. The maximum Gasteiger partial charge on any atom is 0.412 e. The van der Waals surface area contributed by atoms with E-state index in [0.717, 1.165) is 11.1 Å². The van der Waals surface area contributed by atoms with Crippen LogP contribution in [0.15, 0.2) is 77.2 Å². The lowest BCUT2D eigenvalue weighted by atomic mass is 10.2. The molecule has 0 unspecified atom stereocenters. The first-order valence-electron chi connectivity index (χ1n) is 13.3. The van der Waals surface area contributed by atoms with Crippen LogP contribution in [0.25, 0.3) is 0 Å². The van der Waals surface area contributed by atoms with Gasteiger partial charge in [0, 0.05) is 49.5 Å². The number of carbonyl (C=O) groups excluding carboxylic acids is 2. The Bertz CT molecular complexity index is 1460. The van der Waals surface area contributed by atoms with Gasteiger partial charge in [0.2, 0.25) is 5.95 Å². The van der Waals surface area contributed by atoms with Crippen LogP contribution >= 0.6 is 0 Å². The SMILES string of the molecule is CN=CC(Nc1ncc2c(n1)N(c1cccc(NC(=O)OC(C)(C)C)c1)C(=O)N(Cc1ccccc1)CC2)=C(C)N. The number of amides is 3. The Balaban J connectivity index is 1.75. The molecule has 1 aliphatic rings. The summed E-state index contributed by atoms with van der Waals surface area (Å²) < 4.78 is 5.41. The highest BCUT2D eigenvalue weighted by Gasteiger charge is 2.31. The number of anilines is 4. The van der Waals surface area contributed by atoms with Gasteiger partial charge < -0.3 is 20.7 Å². The van der Waals surface area contributed by atoms with Gasteiger partial charge >= 0.3 is 12.1 Å². The van der Waals surface area contributed by atoms with Crippen LogP contribution in [-0.2, 0) is 17.7 Å². The van der Waals surface area contributed by atoms with E-state index in [2.05, 4.69) is 20.6 Å². The summed E-state index contributed by atoms with van der Waals surface area (Å²) in [6.45, 7) is 8.02. The summed E-state index contributed by atoms with van der Waals surface area (Å²) in [4.78, 5) is 43.3. The van der Waals surface area contributed by atoms with E-state index in [1.54, 1.807) is 81.2 Å². The molecule has 1 aromatic heterocycles. The number of allylic oxidation sites excluding steroid dienone is 2. The second kappa shape index (κ2) is 12.5. The minimum atomic E-state index is -0.655. The van der Waals surface area contributed by atoms with Crippen LogP contribution in [0.4, 0.5) is 32.7 Å². The summed E-state index contributed by atoms with van der Waals surface area (Å²) in [7, 11) is 1.64. The van der Waals surface area contributed by atoms with Gasteiger partial charge in [0.1, 0.15) is 11.4 Å². The predicted molar refractivity (Wildman–Crippen MR) is 161 cm³/mol. The molecule has 0 fully saturated rings. The van der Waals surface area contributed by atoms with Crippen molar-refractivity contribution in [3.8, 4) is 0 Å². The highest BCUT2D eigenvalue weighted by atomic mass is 16.6. The number of nitrogens with zero attached hydrogens (tertiary/aromatic N) is 5. The van der Waals surface area contributed by atoms with Crippen LogP contribution in [0.5, 0.6) is 0 Å². The first-order valence-corrected chi connectivity index (χ1v) is 13.3. The Morgan fingerprint density at radius 2 is 1.90 bits per heavy atom. The molecule has 0 bridgehead atoms. The maximum absolute atomic E-state index is 14.2. The van der Waals surface area contributed by atoms with E-state index in [1.165, 1.54) is 0 Å². The van der Waals surface area contributed by atoms with Crippen molar-refractivity contribution >= 4 is 41.5 Å². The molecule has 0 spiro atoms. The Morgan fingerprint density at radius 3 is 2.59 bits per heavy atom. The van der Waals surface area contributed by atoms with Gasteiger partial charge in [0.05, 0.1) is 11.4 Å². The van der Waals surface area contributed by atoms with Crippen LogP contribution in [0.3, 0.4) is 0 Å². The molecule has 2 heterocycles. The molecule has 4 rings (SSSR count). The van der Waals surface area contributed by atoms with Gasteiger partial charge in [-0.1, -0.05) is 36.4 Å².